The second kappa shape index (κ2) is 6.77. The molecule has 2 atom stereocenters. The highest BCUT2D eigenvalue weighted by molar-refractivity contribution is 6.01. The standard InChI is InChI=1S/C24H25N3O3/c1-23-15-27(16-24(23,2)30-23)21-9-8-19(25-29)14-20(21)22(28)26-12-10-18(11-13-26)17-6-4-3-5-7-17/h3-10,14H,11-13,15-16H2,1-2H3/p+2/t23-,24+. The molecular formula is C24H27N3O3+2. The molecule has 6 heteroatoms. The fourth-order valence-electron chi connectivity index (χ4n) is 4.88. The van der Waals surface area contributed by atoms with Gasteiger partial charge in [-0.05, 0) is 23.6 Å². The molecule has 1 amide bonds. The third-order valence-electron chi connectivity index (χ3n) is 6.93. The second-order valence-corrected chi connectivity index (χ2v) is 8.95. The predicted octanol–water partition coefficient (Wildman–Crippen LogP) is 1.97. The van der Waals surface area contributed by atoms with E-state index in [0.717, 1.165) is 25.2 Å². The number of hydrogen-bond donors (Lipinski definition) is 1. The number of amides is 1. The molecule has 3 heterocycles. The number of hydrogen-bond acceptors (Lipinski definition) is 3. The van der Waals surface area contributed by atoms with Crippen molar-refractivity contribution in [3.63, 3.8) is 0 Å². The summed E-state index contributed by atoms with van der Waals surface area (Å²) in [4.78, 5) is 28.8. The number of morpholine rings is 1. The highest BCUT2D eigenvalue weighted by Gasteiger charge is 2.78. The molecule has 2 aromatic rings. The molecule has 2 aromatic carbocycles. The molecular weight excluding hydrogens is 378 g/mol. The molecule has 2 N–H and O–H groups in total. The number of epoxide rings is 1. The van der Waals surface area contributed by atoms with Crippen molar-refractivity contribution in [3.8, 4) is 0 Å². The Morgan fingerprint density at radius 2 is 1.80 bits per heavy atom. The first-order valence-electron chi connectivity index (χ1n) is 10.5. The van der Waals surface area contributed by atoms with Gasteiger partial charge in [-0.2, -0.15) is 0 Å². The van der Waals surface area contributed by atoms with E-state index in [1.165, 1.54) is 11.1 Å². The lowest BCUT2D eigenvalue weighted by atomic mass is 9.99. The largest absolute Gasteiger partial charge is 0.410 e. The number of nitrogens with zero attached hydrogens (tertiary/aromatic N) is 2. The van der Waals surface area contributed by atoms with Gasteiger partial charge < -0.3 is 14.5 Å². The number of aliphatic hydroxyl groups is 2. The number of nitrogens with one attached hydrogen (secondary N) is 1. The van der Waals surface area contributed by atoms with Crippen LogP contribution in [0.5, 0.6) is 0 Å². The van der Waals surface area contributed by atoms with Gasteiger partial charge in [0.15, 0.2) is 0 Å². The van der Waals surface area contributed by atoms with Crippen LogP contribution in [-0.2, 0) is 0 Å². The molecule has 2 saturated heterocycles. The highest BCUT2D eigenvalue weighted by Crippen LogP contribution is 2.51. The quantitative estimate of drug-likeness (QED) is 0.625. The van der Waals surface area contributed by atoms with Crippen LogP contribution in [0, 0.1) is 4.91 Å². The topological polar surface area (TPSA) is 67.4 Å². The van der Waals surface area contributed by atoms with E-state index >= 15 is 0 Å². The lowest BCUT2D eigenvalue weighted by Gasteiger charge is -2.29. The second-order valence-electron chi connectivity index (χ2n) is 8.95. The summed E-state index contributed by atoms with van der Waals surface area (Å²) < 4.78 is 4.73. The molecule has 30 heavy (non-hydrogen) atoms. The molecule has 3 aliphatic heterocycles. The summed E-state index contributed by atoms with van der Waals surface area (Å²) in [6.07, 6.45) is 2.96. The van der Waals surface area contributed by atoms with Gasteiger partial charge in [0.05, 0.1) is 11.3 Å². The molecule has 0 spiro atoms. The first kappa shape index (κ1) is 19.0. The Morgan fingerprint density at radius 1 is 1.07 bits per heavy atom. The zero-order chi connectivity index (χ0) is 20.9. The van der Waals surface area contributed by atoms with Gasteiger partial charge in [-0.25, -0.2) is 0 Å². The van der Waals surface area contributed by atoms with Crippen molar-refractivity contribution in [2.75, 3.05) is 31.1 Å². The van der Waals surface area contributed by atoms with E-state index in [2.05, 4.69) is 37.0 Å². The van der Waals surface area contributed by atoms with Crippen molar-refractivity contribution < 1.29 is 14.7 Å². The summed E-state index contributed by atoms with van der Waals surface area (Å²) in [6, 6.07) is 15.6. The summed E-state index contributed by atoms with van der Waals surface area (Å²) in [5, 5.41) is 1.93. The lowest BCUT2D eigenvalue weighted by molar-refractivity contribution is -0.379. The summed E-state index contributed by atoms with van der Waals surface area (Å²) in [5.74, 6) is -0.0294. The normalized spacial score (nSPS) is 27.5. The van der Waals surface area contributed by atoms with Crippen molar-refractivity contribution in [3.05, 3.63) is 70.6 Å². The zero-order valence-electron chi connectivity index (χ0n) is 17.4. The van der Waals surface area contributed by atoms with E-state index in [-0.39, 0.29) is 17.1 Å². The third-order valence-corrected chi connectivity index (χ3v) is 6.93. The van der Waals surface area contributed by atoms with E-state index in [9.17, 15) is 9.70 Å². The van der Waals surface area contributed by atoms with E-state index in [0.29, 0.717) is 24.3 Å². The molecule has 0 bridgehead atoms. The molecule has 3 aliphatic rings. The van der Waals surface area contributed by atoms with Crippen LogP contribution in [0.3, 0.4) is 0 Å². The van der Waals surface area contributed by atoms with Crippen LogP contribution < -0.4 is 10.1 Å². The van der Waals surface area contributed by atoms with Crippen LogP contribution >= 0.6 is 0 Å². The molecule has 6 nitrogen and oxygen atoms in total. The number of nitroso groups, excluding NO2 is 1. The number of carbonyl (C=O) groups is 1. The van der Waals surface area contributed by atoms with Crippen LogP contribution in [-0.4, -0.2) is 52.9 Å². The molecule has 0 unspecified atom stereocenters. The Bertz CT molecular complexity index is 1030. The van der Waals surface area contributed by atoms with Crippen LogP contribution in [0.25, 0.3) is 5.57 Å². The fraction of sp³-hybridized carbons (Fsp3) is 0.375. The number of anilines is 1. The van der Waals surface area contributed by atoms with Gasteiger partial charge in [0.2, 0.25) is 0 Å². The Labute approximate surface area is 176 Å². The van der Waals surface area contributed by atoms with E-state index in [1.807, 2.05) is 34.3 Å². The molecule has 2 fully saturated rings. The summed E-state index contributed by atoms with van der Waals surface area (Å²) in [6.45, 7) is 7.17. The van der Waals surface area contributed by atoms with Crippen LogP contribution in [0.15, 0.2) is 54.6 Å². The Morgan fingerprint density at radius 3 is 2.43 bits per heavy atom. The minimum absolute atomic E-state index is 0.0294. The number of carbonyl (C=O) groups excluding carboxylic acids is 1. The molecule has 0 aliphatic carbocycles. The third kappa shape index (κ3) is 3.03. The van der Waals surface area contributed by atoms with Gasteiger partial charge >= 0.3 is 0 Å². The van der Waals surface area contributed by atoms with Crippen molar-refractivity contribution in [2.45, 2.75) is 31.5 Å². The van der Waals surface area contributed by atoms with Gasteiger partial charge in [0.1, 0.15) is 13.1 Å². The van der Waals surface area contributed by atoms with Gasteiger partial charge in [0.25, 0.3) is 22.8 Å². The first-order valence-corrected chi connectivity index (χ1v) is 10.5. The Hall–Kier alpha value is -2.99. The summed E-state index contributed by atoms with van der Waals surface area (Å²) in [7, 11) is 0. The van der Waals surface area contributed by atoms with Gasteiger partial charge in [-0.15, -0.1) is 0 Å². The minimum Gasteiger partial charge on any atom is -0.410 e. The number of rotatable bonds is 4. The smallest absolute Gasteiger partial charge is 0.256 e. The fourth-order valence-corrected chi connectivity index (χ4v) is 4.88. The van der Waals surface area contributed by atoms with Crippen molar-refractivity contribution >= 4 is 22.9 Å². The Balaban J connectivity index is 1.40. The minimum atomic E-state index is -0.0405. The monoisotopic (exact) mass is 405 g/mol. The van der Waals surface area contributed by atoms with Crippen LogP contribution in [0.2, 0.25) is 0 Å². The lowest BCUT2D eigenvalue weighted by Crippen LogP contribution is -2.55. The maximum Gasteiger partial charge on any atom is 0.256 e. The van der Waals surface area contributed by atoms with E-state index in [1.54, 1.807) is 12.1 Å². The summed E-state index contributed by atoms with van der Waals surface area (Å²) in [5.41, 5.74) is 4.29. The molecule has 154 valence electrons. The van der Waals surface area contributed by atoms with Crippen molar-refractivity contribution in [2.24, 2.45) is 0 Å². The maximum atomic E-state index is 13.5. The van der Waals surface area contributed by atoms with Gasteiger partial charge in [0, 0.05) is 49.2 Å². The van der Waals surface area contributed by atoms with Crippen LogP contribution in [0.1, 0.15) is 36.2 Å². The molecule has 0 saturated carbocycles. The molecule has 0 radical (unpaired) electrons. The van der Waals surface area contributed by atoms with E-state index in [4.69, 9.17) is 4.74 Å². The highest BCUT2D eigenvalue weighted by atomic mass is 16.6. The number of benzene rings is 2. The average Bonchev–Trinajstić information content (AvgIpc) is 3.20. The van der Waals surface area contributed by atoms with Gasteiger partial charge in [-0.3, -0.25) is 4.79 Å². The van der Waals surface area contributed by atoms with Crippen LogP contribution in [0.4, 0.5) is 11.4 Å². The average molecular weight is 405 g/mol. The van der Waals surface area contributed by atoms with Crippen molar-refractivity contribution in [1.29, 1.82) is 0 Å². The summed E-state index contributed by atoms with van der Waals surface area (Å²) >= 11 is 0. The van der Waals surface area contributed by atoms with E-state index < -0.39 is 0 Å². The zero-order valence-corrected chi connectivity index (χ0v) is 17.4. The predicted molar refractivity (Wildman–Crippen MR) is 117 cm³/mol. The first-order chi connectivity index (χ1) is 14.4. The maximum absolute atomic E-state index is 13.5. The number of fused-ring (bicyclic) bond motifs is 1. The number of ether oxygens (including phenoxy) is 1. The molecule has 5 rings (SSSR count). The SMILES string of the molecule is C[C@@]12CN(c3ccc([NH+]=O)cc3C(=O)N3CC=C(c4ccccc4)CC3)C[C@]1(C)[OH+]2. The van der Waals surface area contributed by atoms with Gasteiger partial charge in [-0.1, -0.05) is 36.4 Å². The molecule has 0 aromatic heterocycles. The van der Waals surface area contributed by atoms with Crippen molar-refractivity contribution in [1.82, 2.24) is 4.90 Å². The Kier molecular flexibility index (Phi) is 4.29.